The number of carboxylic acid groups (broad SMARTS) is 1. The minimum atomic E-state index is -1.04. The highest BCUT2D eigenvalue weighted by Gasteiger charge is 2.41. The Morgan fingerprint density at radius 3 is 2.30 bits per heavy atom. The highest BCUT2D eigenvalue weighted by atomic mass is 16.4. The van der Waals surface area contributed by atoms with Gasteiger partial charge in [0.1, 0.15) is 12.1 Å². The highest BCUT2D eigenvalue weighted by Crippen LogP contribution is 2.21. The number of likely N-dealkylation sites (tertiary alicyclic amines) is 1. The van der Waals surface area contributed by atoms with Crippen LogP contribution in [0.1, 0.15) is 27.2 Å². The summed E-state index contributed by atoms with van der Waals surface area (Å²) in [5.41, 5.74) is 0. The van der Waals surface area contributed by atoms with E-state index in [4.69, 9.17) is 0 Å². The van der Waals surface area contributed by atoms with Gasteiger partial charge in [0.05, 0.1) is 0 Å². The number of carbonyl (C=O) groups is 3. The third-order valence-corrected chi connectivity index (χ3v) is 3.45. The van der Waals surface area contributed by atoms with E-state index in [1.54, 1.807) is 20.8 Å². The molecule has 0 radical (unpaired) electrons. The first kappa shape index (κ1) is 16.0. The summed E-state index contributed by atoms with van der Waals surface area (Å²) < 4.78 is 0. The molecule has 1 aliphatic rings. The van der Waals surface area contributed by atoms with Gasteiger partial charge in [0.25, 0.3) is 5.91 Å². The van der Waals surface area contributed by atoms with Gasteiger partial charge in [-0.1, -0.05) is 19.8 Å². The predicted octanol–water partition coefficient (Wildman–Crippen LogP) is 0.178. The van der Waals surface area contributed by atoms with E-state index in [1.165, 1.54) is 16.8 Å². The van der Waals surface area contributed by atoms with Gasteiger partial charge < -0.3 is 14.9 Å². The van der Waals surface area contributed by atoms with Crippen LogP contribution in [0.5, 0.6) is 0 Å². The fourth-order valence-electron chi connectivity index (χ4n) is 2.34. The Hall–Kier alpha value is -2.03. The number of amides is 2. The topological polar surface area (TPSA) is 77.9 Å². The molecule has 0 saturated carbocycles. The summed E-state index contributed by atoms with van der Waals surface area (Å²) in [6.45, 7) is 5.53. The van der Waals surface area contributed by atoms with Crippen LogP contribution in [0.4, 0.5) is 0 Å². The summed E-state index contributed by atoms with van der Waals surface area (Å²) in [7, 11) is 1.47. The minimum absolute atomic E-state index is 0.207. The number of aliphatic carboxylic acids is 1. The number of hydrogen-bond acceptors (Lipinski definition) is 3. The summed E-state index contributed by atoms with van der Waals surface area (Å²) in [4.78, 5) is 37.8. The lowest BCUT2D eigenvalue weighted by atomic mass is 9.98. The summed E-state index contributed by atoms with van der Waals surface area (Å²) >= 11 is 0. The quantitative estimate of drug-likeness (QED) is 0.745. The molecule has 0 aromatic heterocycles. The Bertz CT molecular complexity index is 475. The number of likely N-dealkylation sites (N-methyl/N-ethyl adjacent to an activating group) is 1. The van der Waals surface area contributed by atoms with Gasteiger partial charge in [0, 0.05) is 13.6 Å². The van der Waals surface area contributed by atoms with Crippen LogP contribution in [0.25, 0.3) is 0 Å². The third kappa shape index (κ3) is 3.10. The first-order valence-corrected chi connectivity index (χ1v) is 6.54. The van der Waals surface area contributed by atoms with E-state index in [9.17, 15) is 19.5 Å². The van der Waals surface area contributed by atoms with Crippen LogP contribution in [0.3, 0.4) is 0 Å². The lowest BCUT2D eigenvalue weighted by Crippen LogP contribution is -2.60. The maximum atomic E-state index is 12.3. The molecule has 110 valence electrons. The average molecular weight is 280 g/mol. The van der Waals surface area contributed by atoms with Gasteiger partial charge in [-0.15, -0.1) is 0 Å². The standard InChI is InChI=1S/C14H20N2O4/c1-5-6-11(17)16-8-7-10(16)13(18)15(4)12(9(2)3)14(19)20/h9-10,12H,7-8H2,1-4H3,(H,19,20)/t10-,12+/m1/s1. The van der Waals surface area contributed by atoms with Crippen molar-refractivity contribution in [3.63, 3.8) is 0 Å². The number of carboxylic acids is 1. The zero-order valence-electron chi connectivity index (χ0n) is 12.2. The summed E-state index contributed by atoms with van der Waals surface area (Å²) in [6, 6.07) is -1.48. The van der Waals surface area contributed by atoms with Gasteiger partial charge in [-0.25, -0.2) is 4.79 Å². The highest BCUT2D eigenvalue weighted by molar-refractivity contribution is 5.98. The van der Waals surface area contributed by atoms with Gasteiger partial charge >= 0.3 is 5.97 Å². The Balaban J connectivity index is 2.81. The molecule has 2 amide bonds. The second-order valence-corrected chi connectivity index (χ2v) is 5.15. The Morgan fingerprint density at radius 1 is 1.35 bits per heavy atom. The molecular weight excluding hydrogens is 260 g/mol. The zero-order valence-corrected chi connectivity index (χ0v) is 12.2. The Kier molecular flexibility index (Phi) is 5.14. The average Bonchev–Trinajstić information content (AvgIpc) is 2.26. The van der Waals surface area contributed by atoms with E-state index in [2.05, 4.69) is 11.8 Å². The van der Waals surface area contributed by atoms with E-state index in [0.717, 1.165) is 0 Å². The fraction of sp³-hybridized carbons (Fsp3) is 0.643. The monoisotopic (exact) mass is 280 g/mol. The van der Waals surface area contributed by atoms with Crippen LogP contribution in [0.15, 0.2) is 0 Å². The minimum Gasteiger partial charge on any atom is -0.480 e. The Morgan fingerprint density at radius 2 is 1.95 bits per heavy atom. The molecule has 20 heavy (non-hydrogen) atoms. The van der Waals surface area contributed by atoms with Crippen LogP contribution >= 0.6 is 0 Å². The van der Waals surface area contributed by atoms with E-state index in [-0.39, 0.29) is 17.7 Å². The largest absolute Gasteiger partial charge is 0.480 e. The van der Waals surface area contributed by atoms with Crippen molar-refractivity contribution in [2.24, 2.45) is 5.92 Å². The summed E-state index contributed by atoms with van der Waals surface area (Å²) in [5.74, 6) is 2.92. The second-order valence-electron chi connectivity index (χ2n) is 5.15. The molecule has 0 bridgehead atoms. The lowest BCUT2D eigenvalue weighted by molar-refractivity contribution is -0.157. The van der Waals surface area contributed by atoms with E-state index in [1.807, 2.05) is 0 Å². The molecule has 1 rings (SSSR count). The molecule has 6 nitrogen and oxygen atoms in total. The van der Waals surface area contributed by atoms with Gasteiger partial charge in [-0.2, -0.15) is 0 Å². The number of carbonyl (C=O) groups excluding carboxylic acids is 2. The molecular formula is C14H20N2O4. The molecule has 1 fully saturated rings. The van der Waals surface area contributed by atoms with Crippen LogP contribution in [0, 0.1) is 17.8 Å². The first-order chi connectivity index (χ1) is 9.31. The summed E-state index contributed by atoms with van der Waals surface area (Å²) in [5, 5.41) is 9.20. The van der Waals surface area contributed by atoms with E-state index < -0.39 is 18.1 Å². The molecule has 2 atom stereocenters. The smallest absolute Gasteiger partial charge is 0.326 e. The number of nitrogens with zero attached hydrogens (tertiary/aromatic N) is 2. The molecule has 0 unspecified atom stereocenters. The third-order valence-electron chi connectivity index (χ3n) is 3.45. The zero-order chi connectivity index (χ0) is 15.4. The van der Waals surface area contributed by atoms with Crippen molar-refractivity contribution in [3.05, 3.63) is 0 Å². The first-order valence-electron chi connectivity index (χ1n) is 6.54. The van der Waals surface area contributed by atoms with Crippen molar-refractivity contribution in [3.8, 4) is 11.8 Å². The van der Waals surface area contributed by atoms with Gasteiger partial charge in [-0.05, 0) is 25.2 Å². The fourth-order valence-corrected chi connectivity index (χ4v) is 2.34. The lowest BCUT2D eigenvalue weighted by Gasteiger charge is -2.41. The van der Waals surface area contributed by atoms with Crippen molar-refractivity contribution < 1.29 is 19.5 Å². The second kappa shape index (κ2) is 6.42. The van der Waals surface area contributed by atoms with Gasteiger partial charge in [-0.3, -0.25) is 9.59 Å². The van der Waals surface area contributed by atoms with Crippen molar-refractivity contribution in [1.82, 2.24) is 9.80 Å². The molecule has 1 N–H and O–H groups in total. The van der Waals surface area contributed by atoms with Crippen molar-refractivity contribution in [2.45, 2.75) is 39.3 Å². The molecule has 0 spiro atoms. The van der Waals surface area contributed by atoms with E-state index >= 15 is 0 Å². The van der Waals surface area contributed by atoms with Crippen LogP contribution in [0.2, 0.25) is 0 Å². The molecule has 6 heteroatoms. The van der Waals surface area contributed by atoms with Gasteiger partial charge in [0.2, 0.25) is 5.91 Å². The van der Waals surface area contributed by atoms with Gasteiger partial charge in [0.15, 0.2) is 0 Å². The normalized spacial score (nSPS) is 18.6. The number of hydrogen-bond donors (Lipinski definition) is 1. The maximum absolute atomic E-state index is 12.3. The maximum Gasteiger partial charge on any atom is 0.326 e. The molecule has 0 aromatic rings. The molecule has 1 aliphatic heterocycles. The van der Waals surface area contributed by atoms with E-state index in [0.29, 0.717) is 13.0 Å². The van der Waals surface area contributed by atoms with Crippen LogP contribution in [-0.2, 0) is 14.4 Å². The van der Waals surface area contributed by atoms with Crippen molar-refractivity contribution in [2.75, 3.05) is 13.6 Å². The van der Waals surface area contributed by atoms with Crippen LogP contribution in [-0.4, -0.2) is 58.4 Å². The van der Waals surface area contributed by atoms with Crippen LogP contribution < -0.4 is 0 Å². The number of rotatable bonds is 4. The summed E-state index contributed by atoms with van der Waals surface area (Å²) in [6.07, 6.45) is 0.546. The molecule has 1 heterocycles. The molecule has 1 saturated heterocycles. The van der Waals surface area contributed by atoms with Crippen molar-refractivity contribution in [1.29, 1.82) is 0 Å². The molecule has 0 aliphatic carbocycles. The SMILES string of the molecule is CC#CC(=O)N1CC[C@@H]1C(=O)N(C)[C@H](C(=O)O)C(C)C. The molecule has 0 aromatic carbocycles. The van der Waals surface area contributed by atoms with Crippen molar-refractivity contribution >= 4 is 17.8 Å². The Labute approximate surface area is 118 Å². The predicted molar refractivity (Wildman–Crippen MR) is 72.6 cm³/mol.